The van der Waals surface area contributed by atoms with Crippen LogP contribution in [-0.2, 0) is 5.41 Å². The predicted octanol–water partition coefficient (Wildman–Crippen LogP) is 3.73. The average Bonchev–Trinajstić information content (AvgIpc) is 2.73. The van der Waals surface area contributed by atoms with Gasteiger partial charge in [-0.2, -0.15) is 0 Å². The Labute approximate surface area is 99.9 Å². The van der Waals surface area contributed by atoms with E-state index < -0.39 is 17.0 Å². The van der Waals surface area contributed by atoms with Gasteiger partial charge in [0.2, 0.25) is 0 Å². The van der Waals surface area contributed by atoms with Gasteiger partial charge in [-0.05, 0) is 22.6 Å². The van der Waals surface area contributed by atoms with Gasteiger partial charge in [0.25, 0.3) is 0 Å². The van der Waals surface area contributed by atoms with E-state index in [0.29, 0.717) is 17.7 Å². The minimum Gasteiger partial charge on any atom is -0.288 e. The molecule has 2 rings (SSSR count). The molecule has 1 aliphatic rings. The van der Waals surface area contributed by atoms with Crippen molar-refractivity contribution in [1.29, 1.82) is 0 Å². The SMILES string of the molecule is CC(C)(C)c1ccc(C2=CC=NC2)c(F)c1F. The van der Waals surface area contributed by atoms with Crippen LogP contribution in [0.5, 0.6) is 0 Å². The number of hydrogen-bond donors (Lipinski definition) is 0. The Morgan fingerprint density at radius 3 is 2.35 bits per heavy atom. The van der Waals surface area contributed by atoms with Crippen LogP contribution in [0, 0.1) is 11.6 Å². The summed E-state index contributed by atoms with van der Waals surface area (Å²) in [7, 11) is 0. The van der Waals surface area contributed by atoms with Crippen molar-refractivity contribution in [2.75, 3.05) is 6.54 Å². The Morgan fingerprint density at radius 2 is 1.82 bits per heavy atom. The molecule has 0 atom stereocenters. The number of benzene rings is 1. The molecule has 1 heterocycles. The molecule has 0 unspecified atom stereocenters. The zero-order chi connectivity index (χ0) is 12.6. The maximum Gasteiger partial charge on any atom is 0.166 e. The topological polar surface area (TPSA) is 12.4 Å². The molecule has 0 saturated heterocycles. The van der Waals surface area contributed by atoms with Crippen LogP contribution >= 0.6 is 0 Å². The number of aliphatic imine (C=N–C) groups is 1. The van der Waals surface area contributed by atoms with E-state index in [1.807, 2.05) is 20.8 Å². The maximum absolute atomic E-state index is 14.0. The molecule has 0 aliphatic carbocycles. The second kappa shape index (κ2) is 4.06. The molecule has 0 fully saturated rings. The Hall–Kier alpha value is -1.51. The van der Waals surface area contributed by atoms with E-state index in [9.17, 15) is 8.78 Å². The summed E-state index contributed by atoms with van der Waals surface area (Å²) in [6.07, 6.45) is 3.33. The Balaban J connectivity index is 2.50. The summed E-state index contributed by atoms with van der Waals surface area (Å²) in [5, 5.41) is 0. The number of halogens is 2. The van der Waals surface area contributed by atoms with Gasteiger partial charge < -0.3 is 0 Å². The molecule has 0 amide bonds. The molecule has 90 valence electrons. The van der Waals surface area contributed by atoms with Gasteiger partial charge in [-0.15, -0.1) is 0 Å². The summed E-state index contributed by atoms with van der Waals surface area (Å²) in [6.45, 7) is 6.01. The van der Waals surface area contributed by atoms with Crippen molar-refractivity contribution in [2.24, 2.45) is 4.99 Å². The number of allylic oxidation sites excluding steroid dienone is 1. The number of nitrogens with zero attached hydrogens (tertiary/aromatic N) is 1. The van der Waals surface area contributed by atoms with E-state index >= 15 is 0 Å². The first-order chi connectivity index (χ1) is 7.91. The largest absolute Gasteiger partial charge is 0.288 e. The minimum absolute atomic E-state index is 0.313. The molecule has 1 aromatic carbocycles. The second-order valence-corrected chi connectivity index (χ2v) is 5.22. The van der Waals surface area contributed by atoms with Crippen molar-refractivity contribution in [1.82, 2.24) is 0 Å². The van der Waals surface area contributed by atoms with Crippen molar-refractivity contribution < 1.29 is 8.78 Å². The fourth-order valence-corrected chi connectivity index (χ4v) is 1.90. The standard InChI is InChI=1S/C14H15F2N/c1-14(2,3)11-5-4-10(12(15)13(11)16)9-6-7-17-8-9/h4-7H,8H2,1-3H3. The average molecular weight is 235 g/mol. The first-order valence-corrected chi connectivity index (χ1v) is 5.59. The van der Waals surface area contributed by atoms with Crippen molar-refractivity contribution in [3.05, 3.63) is 41.0 Å². The highest BCUT2D eigenvalue weighted by molar-refractivity contribution is 5.89. The molecular weight excluding hydrogens is 220 g/mol. The zero-order valence-electron chi connectivity index (χ0n) is 10.2. The van der Waals surface area contributed by atoms with Gasteiger partial charge in [-0.3, -0.25) is 4.99 Å². The summed E-state index contributed by atoms with van der Waals surface area (Å²) in [6, 6.07) is 3.30. The van der Waals surface area contributed by atoms with Crippen molar-refractivity contribution in [2.45, 2.75) is 26.2 Å². The Kier molecular flexibility index (Phi) is 2.86. The highest BCUT2D eigenvalue weighted by Gasteiger charge is 2.23. The maximum atomic E-state index is 14.0. The zero-order valence-corrected chi connectivity index (χ0v) is 10.2. The summed E-state index contributed by atoms with van der Waals surface area (Å²) in [4.78, 5) is 3.98. The van der Waals surface area contributed by atoms with Crippen molar-refractivity contribution in [3.8, 4) is 0 Å². The molecule has 1 nitrogen and oxygen atoms in total. The van der Waals surface area contributed by atoms with Crippen LogP contribution in [0.3, 0.4) is 0 Å². The summed E-state index contributed by atoms with van der Waals surface area (Å²) >= 11 is 0. The molecule has 17 heavy (non-hydrogen) atoms. The second-order valence-electron chi connectivity index (χ2n) is 5.22. The van der Waals surface area contributed by atoms with Crippen LogP contribution in [0.4, 0.5) is 8.78 Å². The van der Waals surface area contributed by atoms with Crippen LogP contribution in [0.1, 0.15) is 31.9 Å². The van der Waals surface area contributed by atoms with E-state index in [4.69, 9.17) is 0 Å². The molecule has 0 spiro atoms. The minimum atomic E-state index is -0.769. The lowest BCUT2D eigenvalue weighted by molar-refractivity contribution is 0.463. The van der Waals surface area contributed by atoms with E-state index in [2.05, 4.69) is 4.99 Å². The lowest BCUT2D eigenvalue weighted by Crippen LogP contribution is -2.15. The number of rotatable bonds is 1. The van der Waals surface area contributed by atoms with Gasteiger partial charge in [0.1, 0.15) is 0 Å². The van der Waals surface area contributed by atoms with E-state index in [1.54, 1.807) is 24.4 Å². The molecule has 1 aliphatic heterocycles. The Bertz CT molecular complexity index is 508. The Morgan fingerprint density at radius 1 is 1.12 bits per heavy atom. The normalized spacial score (nSPS) is 15.2. The monoisotopic (exact) mass is 235 g/mol. The third kappa shape index (κ3) is 2.14. The van der Waals surface area contributed by atoms with Gasteiger partial charge in [-0.1, -0.05) is 32.9 Å². The van der Waals surface area contributed by atoms with E-state index in [1.165, 1.54) is 0 Å². The lowest BCUT2D eigenvalue weighted by Gasteiger charge is -2.21. The third-order valence-corrected chi connectivity index (χ3v) is 2.88. The summed E-state index contributed by atoms with van der Waals surface area (Å²) in [5.41, 5.74) is 1.04. The molecule has 0 saturated carbocycles. The molecule has 0 bridgehead atoms. The van der Waals surface area contributed by atoms with Crippen molar-refractivity contribution >= 4 is 11.8 Å². The first-order valence-electron chi connectivity index (χ1n) is 5.59. The molecule has 0 N–H and O–H groups in total. The summed E-state index contributed by atoms with van der Waals surface area (Å²) < 4.78 is 27.9. The van der Waals surface area contributed by atoms with Gasteiger partial charge >= 0.3 is 0 Å². The fourth-order valence-electron chi connectivity index (χ4n) is 1.90. The van der Waals surface area contributed by atoms with Gasteiger partial charge in [0, 0.05) is 11.8 Å². The summed E-state index contributed by atoms with van der Waals surface area (Å²) in [5.74, 6) is -1.52. The number of hydrogen-bond acceptors (Lipinski definition) is 1. The predicted molar refractivity (Wildman–Crippen MR) is 66.4 cm³/mol. The van der Waals surface area contributed by atoms with Crippen LogP contribution in [0.25, 0.3) is 5.57 Å². The highest BCUT2D eigenvalue weighted by atomic mass is 19.2. The molecule has 1 aromatic rings. The lowest BCUT2D eigenvalue weighted by atomic mass is 9.85. The molecular formula is C14H15F2N. The third-order valence-electron chi connectivity index (χ3n) is 2.88. The fraction of sp³-hybridized carbons (Fsp3) is 0.357. The van der Waals surface area contributed by atoms with E-state index in [0.717, 1.165) is 5.57 Å². The molecule has 0 aromatic heterocycles. The first kappa shape index (κ1) is 12.0. The van der Waals surface area contributed by atoms with E-state index in [-0.39, 0.29) is 0 Å². The van der Waals surface area contributed by atoms with Crippen LogP contribution in [-0.4, -0.2) is 12.8 Å². The quantitative estimate of drug-likeness (QED) is 0.703. The smallest absolute Gasteiger partial charge is 0.166 e. The van der Waals surface area contributed by atoms with Crippen LogP contribution in [0.15, 0.2) is 23.2 Å². The molecule has 3 heteroatoms. The van der Waals surface area contributed by atoms with Gasteiger partial charge in [0.15, 0.2) is 11.6 Å². The van der Waals surface area contributed by atoms with Crippen molar-refractivity contribution in [3.63, 3.8) is 0 Å². The molecule has 0 radical (unpaired) electrons. The highest BCUT2D eigenvalue weighted by Crippen LogP contribution is 2.30. The van der Waals surface area contributed by atoms with Crippen LogP contribution in [0.2, 0.25) is 0 Å². The van der Waals surface area contributed by atoms with Gasteiger partial charge in [0.05, 0.1) is 6.54 Å². The van der Waals surface area contributed by atoms with Crippen LogP contribution < -0.4 is 0 Å². The van der Waals surface area contributed by atoms with Gasteiger partial charge in [-0.25, -0.2) is 8.78 Å².